The third-order valence-electron chi connectivity index (χ3n) is 5.82. The normalized spacial score (nSPS) is 22.9. The first kappa shape index (κ1) is 26.9. The maximum absolute atomic E-state index is 12.6. The Morgan fingerprint density at radius 1 is 0.816 bits per heavy atom. The van der Waals surface area contributed by atoms with Crippen LogP contribution in [0, 0.1) is 0 Å². The van der Waals surface area contributed by atoms with Gasteiger partial charge in [-0.25, -0.2) is 9.59 Å². The van der Waals surface area contributed by atoms with E-state index in [1.165, 1.54) is 42.5 Å². The molecule has 1 fully saturated rings. The average molecular weight is 526 g/mol. The second-order valence-electron chi connectivity index (χ2n) is 8.48. The zero-order chi connectivity index (χ0) is 27.2. The number of phenols is 2. The molecule has 1 heterocycles. The van der Waals surface area contributed by atoms with E-state index >= 15 is 0 Å². The fraction of sp³-hybridized carbons (Fsp3) is 0.259. The number of benzene rings is 3. The van der Waals surface area contributed by atoms with Crippen molar-refractivity contribution in [1.82, 2.24) is 0 Å². The number of hydrogen-bond donors (Lipinski definition) is 5. The number of aromatic hydroxyl groups is 2. The average Bonchev–Trinajstić information content (AvgIpc) is 2.93. The molecule has 1 saturated heterocycles. The van der Waals surface area contributed by atoms with E-state index in [2.05, 4.69) is 0 Å². The van der Waals surface area contributed by atoms with Crippen LogP contribution < -0.4 is 4.74 Å². The molecule has 1 aliphatic heterocycles. The van der Waals surface area contributed by atoms with E-state index in [0.717, 1.165) is 0 Å². The van der Waals surface area contributed by atoms with E-state index in [1.54, 1.807) is 30.3 Å². The van der Waals surface area contributed by atoms with Crippen molar-refractivity contribution in [3.8, 4) is 17.2 Å². The smallest absolute Gasteiger partial charge is 0.338 e. The van der Waals surface area contributed by atoms with Gasteiger partial charge in [-0.05, 0) is 54.6 Å². The summed E-state index contributed by atoms with van der Waals surface area (Å²) in [7, 11) is 0. The molecule has 5 atom stereocenters. The summed E-state index contributed by atoms with van der Waals surface area (Å²) in [6.45, 7) is -0.982. The number of rotatable bonds is 8. The molecule has 0 bridgehead atoms. The molecule has 0 aromatic heterocycles. The zero-order valence-corrected chi connectivity index (χ0v) is 19.9. The number of carbonyl (C=O) groups is 2. The van der Waals surface area contributed by atoms with Crippen LogP contribution in [0.2, 0.25) is 0 Å². The number of aliphatic hydroxyl groups is 3. The molecule has 0 amide bonds. The Bertz CT molecular complexity index is 1250. The van der Waals surface area contributed by atoms with Gasteiger partial charge >= 0.3 is 11.9 Å². The maximum Gasteiger partial charge on any atom is 0.338 e. The van der Waals surface area contributed by atoms with E-state index < -0.39 is 49.3 Å². The summed E-state index contributed by atoms with van der Waals surface area (Å²) in [5.74, 6) is -1.66. The van der Waals surface area contributed by atoms with Crippen LogP contribution >= 0.6 is 0 Å². The van der Waals surface area contributed by atoms with E-state index in [0.29, 0.717) is 5.56 Å². The van der Waals surface area contributed by atoms with E-state index in [4.69, 9.17) is 18.9 Å². The lowest BCUT2D eigenvalue weighted by molar-refractivity contribution is -0.277. The Labute approximate surface area is 217 Å². The SMILES string of the molecule is O=C(OCc1cc(O)ccc1O[C@@H]1O[C@@H](CO)[C@@H](O)[C@H](OC(=O)c2ccc(O)cc2)[C@H]1O)c1ccccc1. The van der Waals surface area contributed by atoms with Gasteiger partial charge in [-0.3, -0.25) is 0 Å². The Morgan fingerprint density at radius 3 is 2.16 bits per heavy atom. The zero-order valence-electron chi connectivity index (χ0n) is 19.9. The van der Waals surface area contributed by atoms with Crippen molar-refractivity contribution < 1.29 is 54.1 Å². The Kier molecular flexibility index (Phi) is 8.44. The summed E-state index contributed by atoms with van der Waals surface area (Å²) in [6, 6.07) is 17.3. The minimum atomic E-state index is -1.71. The van der Waals surface area contributed by atoms with Crippen LogP contribution in [0.5, 0.6) is 17.2 Å². The number of ether oxygens (including phenoxy) is 4. The first-order valence-corrected chi connectivity index (χ1v) is 11.6. The number of phenolic OH excluding ortho intramolecular Hbond substituents is 2. The quantitative estimate of drug-likeness (QED) is 0.269. The molecule has 11 nitrogen and oxygen atoms in total. The summed E-state index contributed by atoms with van der Waals surface area (Å²) in [5.41, 5.74) is 0.598. The number of carbonyl (C=O) groups excluding carboxylic acids is 2. The van der Waals surface area contributed by atoms with Crippen LogP contribution in [0.1, 0.15) is 26.3 Å². The van der Waals surface area contributed by atoms with Crippen molar-refractivity contribution in [2.75, 3.05) is 6.61 Å². The molecule has 5 N–H and O–H groups in total. The van der Waals surface area contributed by atoms with Crippen molar-refractivity contribution in [3.63, 3.8) is 0 Å². The van der Waals surface area contributed by atoms with Crippen LogP contribution in [-0.4, -0.2) is 74.8 Å². The van der Waals surface area contributed by atoms with Crippen molar-refractivity contribution in [3.05, 3.63) is 89.5 Å². The van der Waals surface area contributed by atoms with E-state index in [1.807, 2.05) is 0 Å². The molecule has 38 heavy (non-hydrogen) atoms. The fourth-order valence-electron chi connectivity index (χ4n) is 3.80. The number of hydrogen-bond acceptors (Lipinski definition) is 11. The van der Waals surface area contributed by atoms with Crippen molar-refractivity contribution in [2.45, 2.75) is 37.3 Å². The standard InChI is InChI=1S/C27H26O11/c28-13-21-22(31)24(38-26(34)16-6-8-18(29)9-7-16)23(32)27(37-21)36-20-11-10-19(30)12-17(20)14-35-25(33)15-4-2-1-3-5-15/h1-12,21-24,27-32H,13-14H2/t21-,22+,23+,24-,27+/m0/s1. The Morgan fingerprint density at radius 2 is 1.47 bits per heavy atom. The van der Waals surface area contributed by atoms with Crippen LogP contribution in [0.25, 0.3) is 0 Å². The lowest BCUT2D eigenvalue weighted by Crippen LogP contribution is -2.61. The predicted molar refractivity (Wildman–Crippen MR) is 129 cm³/mol. The summed E-state index contributed by atoms with van der Waals surface area (Å²) < 4.78 is 21.9. The van der Waals surface area contributed by atoms with Gasteiger partial charge in [-0.1, -0.05) is 18.2 Å². The molecule has 0 saturated carbocycles. The van der Waals surface area contributed by atoms with Crippen molar-refractivity contribution >= 4 is 11.9 Å². The van der Waals surface area contributed by atoms with Crippen LogP contribution in [0.4, 0.5) is 0 Å². The van der Waals surface area contributed by atoms with Crippen LogP contribution in [0.3, 0.4) is 0 Å². The second-order valence-corrected chi connectivity index (χ2v) is 8.48. The lowest BCUT2D eigenvalue weighted by Gasteiger charge is -2.41. The van der Waals surface area contributed by atoms with Gasteiger partial charge in [0.2, 0.25) is 6.29 Å². The molecule has 1 aliphatic rings. The second kappa shape index (κ2) is 11.9. The number of aliphatic hydroxyl groups excluding tert-OH is 3. The number of esters is 2. The molecule has 0 spiro atoms. The monoisotopic (exact) mass is 526 g/mol. The topological polar surface area (TPSA) is 172 Å². The van der Waals surface area contributed by atoms with Gasteiger partial charge in [0, 0.05) is 5.56 Å². The van der Waals surface area contributed by atoms with Crippen molar-refractivity contribution in [2.24, 2.45) is 0 Å². The van der Waals surface area contributed by atoms with E-state index in [-0.39, 0.29) is 35.0 Å². The molecule has 0 aliphatic carbocycles. The van der Waals surface area contributed by atoms with Gasteiger partial charge in [0.25, 0.3) is 0 Å². The Balaban J connectivity index is 1.50. The van der Waals surface area contributed by atoms with Gasteiger partial charge < -0.3 is 44.5 Å². The molecular formula is C27H26O11. The summed E-state index contributed by atoms with van der Waals surface area (Å²) in [4.78, 5) is 24.9. The third kappa shape index (κ3) is 6.21. The lowest BCUT2D eigenvalue weighted by atomic mass is 9.98. The minimum Gasteiger partial charge on any atom is -0.508 e. The van der Waals surface area contributed by atoms with Gasteiger partial charge in [0.15, 0.2) is 12.2 Å². The molecule has 200 valence electrons. The predicted octanol–water partition coefficient (Wildman–Crippen LogP) is 1.50. The highest BCUT2D eigenvalue weighted by Crippen LogP contribution is 2.31. The molecule has 0 radical (unpaired) electrons. The van der Waals surface area contributed by atoms with Gasteiger partial charge in [0.05, 0.1) is 17.7 Å². The first-order valence-electron chi connectivity index (χ1n) is 11.6. The molecule has 11 heteroatoms. The minimum absolute atomic E-state index is 0.0489. The molecule has 4 rings (SSSR count). The molecule has 3 aromatic rings. The first-order chi connectivity index (χ1) is 18.3. The molecule has 3 aromatic carbocycles. The van der Waals surface area contributed by atoms with Gasteiger partial charge in [-0.2, -0.15) is 0 Å². The largest absolute Gasteiger partial charge is 0.508 e. The summed E-state index contributed by atoms with van der Waals surface area (Å²) in [5, 5.41) is 50.5. The van der Waals surface area contributed by atoms with E-state index in [9.17, 15) is 35.1 Å². The molecule has 0 unspecified atom stereocenters. The third-order valence-corrected chi connectivity index (χ3v) is 5.82. The fourth-order valence-corrected chi connectivity index (χ4v) is 3.80. The van der Waals surface area contributed by atoms with Gasteiger partial charge in [0.1, 0.15) is 36.1 Å². The van der Waals surface area contributed by atoms with Crippen molar-refractivity contribution in [1.29, 1.82) is 0 Å². The highest BCUT2D eigenvalue weighted by molar-refractivity contribution is 5.90. The molecular weight excluding hydrogens is 500 g/mol. The van der Waals surface area contributed by atoms with Crippen LogP contribution in [0.15, 0.2) is 72.8 Å². The summed E-state index contributed by atoms with van der Waals surface area (Å²) >= 11 is 0. The maximum atomic E-state index is 12.6. The van der Waals surface area contributed by atoms with Gasteiger partial charge in [-0.15, -0.1) is 0 Å². The highest BCUT2D eigenvalue weighted by Gasteiger charge is 2.48. The summed E-state index contributed by atoms with van der Waals surface area (Å²) in [6.07, 6.45) is -7.66. The Hall–Kier alpha value is -4.16. The highest BCUT2D eigenvalue weighted by atomic mass is 16.7. The van der Waals surface area contributed by atoms with Crippen LogP contribution in [-0.2, 0) is 20.8 Å².